The molecule has 292 valence electrons. The van der Waals surface area contributed by atoms with E-state index in [9.17, 15) is 14.7 Å². The molecule has 12 heteroatoms. The number of hydrogen-bond acceptors (Lipinski definition) is 11. The summed E-state index contributed by atoms with van der Waals surface area (Å²) in [7, 11) is 0. The molecule has 0 aliphatic heterocycles. The molecule has 5 aromatic rings. The zero-order chi connectivity index (χ0) is 39.3. The van der Waals surface area contributed by atoms with E-state index >= 15 is 0 Å². The number of benzene rings is 3. The van der Waals surface area contributed by atoms with Crippen LogP contribution in [0, 0.1) is 13.8 Å². The number of carbonyl (C=O) groups is 2. The molecular formula is C43H50N2O10. The van der Waals surface area contributed by atoms with Crippen molar-refractivity contribution in [1.29, 1.82) is 0 Å². The molecule has 3 aromatic carbocycles. The number of aliphatic carboxylic acids is 1. The van der Waals surface area contributed by atoms with Crippen LogP contribution in [0.2, 0.25) is 0 Å². The highest BCUT2D eigenvalue weighted by atomic mass is 16.6. The second kappa shape index (κ2) is 19.7. The first-order chi connectivity index (χ1) is 26.5. The van der Waals surface area contributed by atoms with Crippen LogP contribution in [0.1, 0.15) is 61.7 Å². The van der Waals surface area contributed by atoms with Gasteiger partial charge in [0.05, 0.1) is 30.7 Å². The number of aromatic nitrogens is 2. The molecule has 0 saturated carbocycles. The van der Waals surface area contributed by atoms with Gasteiger partial charge in [-0.3, -0.25) is 0 Å². The van der Waals surface area contributed by atoms with Crippen molar-refractivity contribution < 1.29 is 47.2 Å². The van der Waals surface area contributed by atoms with Gasteiger partial charge in [0, 0.05) is 50.0 Å². The second-order valence-electron chi connectivity index (χ2n) is 13.2. The van der Waals surface area contributed by atoms with E-state index in [2.05, 4.69) is 0 Å². The Balaban J connectivity index is 1.13. The number of rotatable bonds is 21. The van der Waals surface area contributed by atoms with Crippen LogP contribution in [0.3, 0.4) is 0 Å². The molecule has 2 heterocycles. The van der Waals surface area contributed by atoms with Crippen LogP contribution >= 0.6 is 0 Å². The molecule has 2 atom stereocenters. The Labute approximate surface area is 321 Å². The summed E-state index contributed by atoms with van der Waals surface area (Å²) in [5, 5.41) is 9.34. The summed E-state index contributed by atoms with van der Waals surface area (Å²) in [6, 6.07) is 22.7. The maximum Gasteiger partial charge on any atom is 0.335 e. The van der Waals surface area contributed by atoms with Crippen LogP contribution in [-0.2, 0) is 49.5 Å². The summed E-state index contributed by atoms with van der Waals surface area (Å²) in [5.74, 6) is 2.47. The maximum atomic E-state index is 12.4. The molecule has 55 heavy (non-hydrogen) atoms. The number of esters is 1. The highest BCUT2D eigenvalue weighted by Crippen LogP contribution is 2.29. The Hall–Kier alpha value is -5.46. The molecule has 0 aliphatic rings. The van der Waals surface area contributed by atoms with Crippen LogP contribution in [0.15, 0.2) is 81.6 Å². The van der Waals surface area contributed by atoms with Crippen LogP contribution in [0.25, 0.3) is 22.9 Å². The second-order valence-corrected chi connectivity index (χ2v) is 13.2. The van der Waals surface area contributed by atoms with Crippen molar-refractivity contribution in [2.75, 3.05) is 26.4 Å². The van der Waals surface area contributed by atoms with Crippen LogP contribution in [-0.4, -0.2) is 71.8 Å². The fourth-order valence-electron chi connectivity index (χ4n) is 5.89. The fraction of sp³-hybridized carbons (Fsp3) is 0.395. The van der Waals surface area contributed by atoms with Crippen molar-refractivity contribution >= 4 is 11.9 Å². The van der Waals surface area contributed by atoms with E-state index in [1.54, 1.807) is 6.92 Å². The summed E-state index contributed by atoms with van der Waals surface area (Å²) in [4.78, 5) is 33.3. The third-order valence-electron chi connectivity index (χ3n) is 8.67. The van der Waals surface area contributed by atoms with Crippen LogP contribution in [0.4, 0.5) is 0 Å². The lowest BCUT2D eigenvalue weighted by Crippen LogP contribution is -2.30. The highest BCUT2D eigenvalue weighted by molar-refractivity contribution is 5.75. The van der Waals surface area contributed by atoms with Gasteiger partial charge in [0.25, 0.3) is 0 Å². The summed E-state index contributed by atoms with van der Waals surface area (Å²) < 4.78 is 40.3. The highest BCUT2D eigenvalue weighted by Gasteiger charge is 2.22. The molecule has 0 fully saturated rings. The topological polar surface area (TPSA) is 153 Å². The molecule has 0 radical (unpaired) electrons. The minimum Gasteiger partial charge on any atom is -0.493 e. The molecule has 2 aromatic heterocycles. The van der Waals surface area contributed by atoms with E-state index in [0.717, 1.165) is 33.6 Å². The van der Waals surface area contributed by atoms with Gasteiger partial charge in [-0.1, -0.05) is 30.3 Å². The molecule has 12 nitrogen and oxygen atoms in total. The number of carboxylic acid groups (broad SMARTS) is 1. The normalized spacial score (nSPS) is 12.4. The Kier molecular flexibility index (Phi) is 14.6. The summed E-state index contributed by atoms with van der Waals surface area (Å²) in [5.41, 5.74) is 4.99. The predicted molar refractivity (Wildman–Crippen MR) is 205 cm³/mol. The molecule has 1 N–H and O–H groups in total. The first-order valence-electron chi connectivity index (χ1n) is 18.7. The van der Waals surface area contributed by atoms with Gasteiger partial charge in [-0.15, -0.1) is 0 Å². The van der Waals surface area contributed by atoms with E-state index in [0.29, 0.717) is 80.5 Å². The van der Waals surface area contributed by atoms with Gasteiger partial charge in [0.2, 0.25) is 11.8 Å². The minimum atomic E-state index is -0.978. The average molecular weight is 755 g/mol. The molecule has 0 saturated heterocycles. The Morgan fingerprint density at radius 1 is 0.691 bits per heavy atom. The van der Waals surface area contributed by atoms with E-state index in [-0.39, 0.29) is 18.5 Å². The van der Waals surface area contributed by atoms with Gasteiger partial charge >= 0.3 is 11.9 Å². The molecule has 2 unspecified atom stereocenters. The molecule has 5 rings (SSSR count). The maximum absolute atomic E-state index is 12.4. The van der Waals surface area contributed by atoms with Crippen molar-refractivity contribution in [3.8, 4) is 34.4 Å². The van der Waals surface area contributed by atoms with Crippen molar-refractivity contribution in [2.24, 2.45) is 0 Å². The molecule has 0 amide bonds. The predicted octanol–water partition coefficient (Wildman–Crippen LogP) is 7.79. The molecular weight excluding hydrogens is 704 g/mol. The molecule has 0 aliphatic carbocycles. The van der Waals surface area contributed by atoms with Gasteiger partial charge in [0.1, 0.15) is 23.0 Å². The number of nitrogens with zero attached hydrogens (tertiary/aromatic N) is 2. The first kappa shape index (κ1) is 40.7. The largest absolute Gasteiger partial charge is 0.493 e. The monoisotopic (exact) mass is 754 g/mol. The standard InChI is InChI=1S/C43H50N2O10/c1-7-49-38(42(46)47)24-30-12-16-34(17-13-30)51-22-20-36-28(5)54-40(44-36)32-10-9-11-33(26-32)41-45-37(29(6)55-41)21-23-52-35-18-14-31(15-19-35)25-39(50-8-2)43(48)53-27(3)4/h9-19,26-27,38-39H,7-8,20-25H2,1-6H3,(H,46,47). The molecule has 0 spiro atoms. The minimum absolute atomic E-state index is 0.203. The summed E-state index contributed by atoms with van der Waals surface area (Å²) in [6.07, 6.45) is 0.0631. The lowest BCUT2D eigenvalue weighted by Gasteiger charge is -2.18. The number of carboxylic acids is 1. The zero-order valence-corrected chi connectivity index (χ0v) is 32.3. The number of hydrogen-bond donors (Lipinski definition) is 1. The van der Waals surface area contributed by atoms with Crippen LogP contribution < -0.4 is 9.47 Å². The fourth-order valence-corrected chi connectivity index (χ4v) is 5.89. The van der Waals surface area contributed by atoms with Gasteiger partial charge in [-0.25, -0.2) is 19.6 Å². The van der Waals surface area contributed by atoms with Crippen LogP contribution in [0.5, 0.6) is 11.5 Å². The quantitative estimate of drug-likeness (QED) is 0.0728. The third kappa shape index (κ3) is 11.8. The van der Waals surface area contributed by atoms with E-state index in [4.69, 9.17) is 42.5 Å². The van der Waals surface area contributed by atoms with E-state index in [1.165, 1.54) is 0 Å². The lowest BCUT2D eigenvalue weighted by atomic mass is 10.1. The van der Waals surface area contributed by atoms with Crippen molar-refractivity contribution in [1.82, 2.24) is 9.97 Å². The Morgan fingerprint density at radius 3 is 1.58 bits per heavy atom. The number of ether oxygens (including phenoxy) is 5. The van der Waals surface area contributed by atoms with Crippen molar-refractivity contribution in [2.45, 2.75) is 85.5 Å². The van der Waals surface area contributed by atoms with Gasteiger partial charge < -0.3 is 37.6 Å². The first-order valence-corrected chi connectivity index (χ1v) is 18.7. The SMILES string of the molecule is CCOC(Cc1ccc(OCCc2nc(-c3cccc(-c4nc(CCOc5ccc(CC(OCC)C(=O)OC(C)C)cc5)c(C)o4)c3)oc2C)cc1)C(=O)O. The number of oxazole rings is 2. The summed E-state index contributed by atoms with van der Waals surface area (Å²) in [6.45, 7) is 12.6. The van der Waals surface area contributed by atoms with Crippen molar-refractivity contribution in [3.05, 3.63) is 107 Å². The third-order valence-corrected chi connectivity index (χ3v) is 8.67. The summed E-state index contributed by atoms with van der Waals surface area (Å²) >= 11 is 0. The lowest BCUT2D eigenvalue weighted by molar-refractivity contribution is -0.160. The van der Waals surface area contributed by atoms with E-state index in [1.807, 2.05) is 107 Å². The van der Waals surface area contributed by atoms with Gasteiger partial charge in [-0.2, -0.15) is 0 Å². The smallest absolute Gasteiger partial charge is 0.335 e. The zero-order valence-electron chi connectivity index (χ0n) is 32.3. The average Bonchev–Trinajstić information content (AvgIpc) is 3.73. The Morgan fingerprint density at radius 2 is 1.15 bits per heavy atom. The van der Waals surface area contributed by atoms with Gasteiger partial charge in [0.15, 0.2) is 12.2 Å². The van der Waals surface area contributed by atoms with E-state index < -0.39 is 18.2 Å². The number of carbonyl (C=O) groups excluding carboxylic acids is 1. The Bertz CT molecular complexity index is 1980. The van der Waals surface area contributed by atoms with Gasteiger partial charge in [-0.05, 0) is 95.1 Å². The molecule has 0 bridgehead atoms. The van der Waals surface area contributed by atoms with Crippen molar-refractivity contribution in [3.63, 3.8) is 0 Å². The number of aryl methyl sites for hydroxylation is 2.